The standard InChI is InChI=1S/C10H19NO2/c1-5-8(3)7-9(11-4)10(12)13-6-2/h7,9,11H,5-6H2,1-4H3/b8-7-. The summed E-state index contributed by atoms with van der Waals surface area (Å²) in [5.41, 5.74) is 1.19. The number of hydrogen-bond donors (Lipinski definition) is 1. The summed E-state index contributed by atoms with van der Waals surface area (Å²) in [6.45, 7) is 6.30. The molecule has 0 amide bonds. The number of ether oxygens (including phenoxy) is 1. The van der Waals surface area contributed by atoms with Gasteiger partial charge in [0.15, 0.2) is 0 Å². The molecule has 0 aliphatic rings. The zero-order chi connectivity index (χ0) is 10.3. The lowest BCUT2D eigenvalue weighted by molar-refractivity contribution is -0.144. The summed E-state index contributed by atoms with van der Waals surface area (Å²) in [4.78, 5) is 11.3. The van der Waals surface area contributed by atoms with Gasteiger partial charge in [-0.05, 0) is 27.3 Å². The van der Waals surface area contributed by atoms with E-state index >= 15 is 0 Å². The van der Waals surface area contributed by atoms with E-state index in [4.69, 9.17) is 4.74 Å². The Balaban J connectivity index is 4.25. The van der Waals surface area contributed by atoms with E-state index in [9.17, 15) is 4.79 Å². The van der Waals surface area contributed by atoms with Gasteiger partial charge in [-0.2, -0.15) is 0 Å². The number of rotatable bonds is 5. The van der Waals surface area contributed by atoms with Crippen LogP contribution in [0.4, 0.5) is 0 Å². The van der Waals surface area contributed by atoms with Crippen molar-refractivity contribution in [2.75, 3.05) is 13.7 Å². The van der Waals surface area contributed by atoms with Crippen LogP contribution in [-0.4, -0.2) is 25.7 Å². The number of allylic oxidation sites excluding steroid dienone is 1. The highest BCUT2D eigenvalue weighted by Gasteiger charge is 2.13. The molecule has 0 saturated carbocycles. The molecule has 76 valence electrons. The monoisotopic (exact) mass is 185 g/mol. The summed E-state index contributed by atoms with van der Waals surface area (Å²) < 4.78 is 4.89. The summed E-state index contributed by atoms with van der Waals surface area (Å²) in [5, 5.41) is 2.90. The van der Waals surface area contributed by atoms with Crippen molar-refractivity contribution in [1.82, 2.24) is 5.32 Å². The molecule has 3 nitrogen and oxygen atoms in total. The predicted octanol–water partition coefficient (Wildman–Crippen LogP) is 1.49. The fraction of sp³-hybridized carbons (Fsp3) is 0.700. The molecule has 0 aromatic carbocycles. The van der Waals surface area contributed by atoms with Crippen LogP contribution >= 0.6 is 0 Å². The third-order valence-electron chi connectivity index (χ3n) is 1.86. The summed E-state index contributed by atoms with van der Waals surface area (Å²) in [6.07, 6.45) is 2.86. The lowest BCUT2D eigenvalue weighted by atomic mass is 10.1. The fourth-order valence-corrected chi connectivity index (χ4v) is 0.904. The van der Waals surface area contributed by atoms with E-state index in [1.54, 1.807) is 14.0 Å². The molecule has 0 spiro atoms. The van der Waals surface area contributed by atoms with Crippen molar-refractivity contribution in [2.45, 2.75) is 33.2 Å². The topological polar surface area (TPSA) is 38.3 Å². The Morgan fingerprint density at radius 3 is 2.54 bits per heavy atom. The maximum Gasteiger partial charge on any atom is 0.327 e. The minimum atomic E-state index is -0.306. The summed E-state index contributed by atoms with van der Waals surface area (Å²) >= 11 is 0. The molecule has 0 saturated heterocycles. The quantitative estimate of drug-likeness (QED) is 0.521. The van der Waals surface area contributed by atoms with Crippen LogP contribution in [0.15, 0.2) is 11.6 Å². The molecular weight excluding hydrogens is 166 g/mol. The second-order valence-corrected chi connectivity index (χ2v) is 2.88. The van der Waals surface area contributed by atoms with E-state index in [1.807, 2.05) is 13.0 Å². The van der Waals surface area contributed by atoms with Crippen molar-refractivity contribution in [1.29, 1.82) is 0 Å². The third-order valence-corrected chi connectivity index (χ3v) is 1.86. The molecule has 0 bridgehead atoms. The lowest BCUT2D eigenvalue weighted by Gasteiger charge is -2.11. The van der Waals surface area contributed by atoms with Crippen LogP contribution in [0.2, 0.25) is 0 Å². The zero-order valence-electron chi connectivity index (χ0n) is 8.89. The Kier molecular flexibility index (Phi) is 6.24. The summed E-state index contributed by atoms with van der Waals surface area (Å²) in [5.74, 6) is -0.210. The van der Waals surface area contributed by atoms with Crippen LogP contribution in [0, 0.1) is 0 Å². The van der Waals surface area contributed by atoms with Gasteiger partial charge in [0, 0.05) is 0 Å². The van der Waals surface area contributed by atoms with Crippen molar-refractivity contribution in [2.24, 2.45) is 0 Å². The van der Waals surface area contributed by atoms with Crippen molar-refractivity contribution < 1.29 is 9.53 Å². The molecule has 13 heavy (non-hydrogen) atoms. The Bertz CT molecular complexity index is 187. The molecule has 0 radical (unpaired) electrons. The van der Waals surface area contributed by atoms with E-state index in [-0.39, 0.29) is 12.0 Å². The number of likely N-dealkylation sites (N-methyl/N-ethyl adjacent to an activating group) is 1. The number of nitrogens with one attached hydrogen (secondary N) is 1. The molecule has 0 aromatic heterocycles. The Labute approximate surface area is 80.2 Å². The van der Waals surface area contributed by atoms with Gasteiger partial charge in [-0.3, -0.25) is 4.79 Å². The Hall–Kier alpha value is -0.830. The number of carbonyl (C=O) groups excluding carboxylic acids is 1. The number of carbonyl (C=O) groups is 1. The van der Waals surface area contributed by atoms with Crippen LogP contribution < -0.4 is 5.32 Å². The molecule has 3 heteroatoms. The molecule has 0 fully saturated rings. The third kappa shape index (κ3) is 4.68. The molecular formula is C10H19NO2. The van der Waals surface area contributed by atoms with E-state index in [2.05, 4.69) is 12.2 Å². The van der Waals surface area contributed by atoms with Crippen molar-refractivity contribution in [3.05, 3.63) is 11.6 Å². The first-order chi connectivity index (χ1) is 6.15. The Morgan fingerprint density at radius 2 is 2.15 bits per heavy atom. The smallest absolute Gasteiger partial charge is 0.327 e. The van der Waals surface area contributed by atoms with Crippen LogP contribution in [-0.2, 0) is 9.53 Å². The van der Waals surface area contributed by atoms with Crippen molar-refractivity contribution in [3.63, 3.8) is 0 Å². The minimum Gasteiger partial charge on any atom is -0.465 e. The number of esters is 1. The van der Waals surface area contributed by atoms with Crippen LogP contribution in [0.1, 0.15) is 27.2 Å². The SMILES string of the molecule is CCOC(=O)C(/C=C(/C)CC)NC. The molecule has 0 rings (SSSR count). The zero-order valence-corrected chi connectivity index (χ0v) is 8.89. The van der Waals surface area contributed by atoms with Gasteiger partial charge in [0.05, 0.1) is 6.61 Å². The molecule has 1 atom stereocenters. The van der Waals surface area contributed by atoms with Gasteiger partial charge in [-0.25, -0.2) is 0 Å². The first-order valence-corrected chi connectivity index (χ1v) is 4.66. The molecule has 0 aliphatic carbocycles. The minimum absolute atomic E-state index is 0.210. The van der Waals surface area contributed by atoms with E-state index in [1.165, 1.54) is 5.57 Å². The van der Waals surface area contributed by atoms with E-state index in [0.29, 0.717) is 6.61 Å². The normalized spacial score (nSPS) is 14.0. The van der Waals surface area contributed by atoms with Crippen molar-refractivity contribution >= 4 is 5.97 Å². The molecule has 0 heterocycles. The highest BCUT2D eigenvalue weighted by Crippen LogP contribution is 2.01. The maximum absolute atomic E-state index is 11.3. The van der Waals surface area contributed by atoms with Gasteiger partial charge in [0.1, 0.15) is 6.04 Å². The summed E-state index contributed by atoms with van der Waals surface area (Å²) in [7, 11) is 1.75. The van der Waals surface area contributed by atoms with Crippen molar-refractivity contribution in [3.8, 4) is 0 Å². The van der Waals surface area contributed by atoms with Gasteiger partial charge >= 0.3 is 5.97 Å². The van der Waals surface area contributed by atoms with E-state index in [0.717, 1.165) is 6.42 Å². The first kappa shape index (κ1) is 12.2. The molecule has 1 unspecified atom stereocenters. The van der Waals surface area contributed by atoms with Gasteiger partial charge in [-0.1, -0.05) is 18.6 Å². The second-order valence-electron chi connectivity index (χ2n) is 2.88. The molecule has 0 aromatic rings. The maximum atomic E-state index is 11.3. The molecule has 0 aliphatic heterocycles. The van der Waals surface area contributed by atoms with Gasteiger partial charge in [-0.15, -0.1) is 0 Å². The Morgan fingerprint density at radius 1 is 1.54 bits per heavy atom. The highest BCUT2D eigenvalue weighted by molar-refractivity contribution is 5.78. The molecule has 1 N–H and O–H groups in total. The number of hydrogen-bond acceptors (Lipinski definition) is 3. The predicted molar refractivity (Wildman–Crippen MR) is 53.5 cm³/mol. The van der Waals surface area contributed by atoms with E-state index < -0.39 is 0 Å². The lowest BCUT2D eigenvalue weighted by Crippen LogP contribution is -2.34. The van der Waals surface area contributed by atoms with Crippen LogP contribution in [0.5, 0.6) is 0 Å². The largest absolute Gasteiger partial charge is 0.465 e. The average molecular weight is 185 g/mol. The van der Waals surface area contributed by atoms with Crippen LogP contribution in [0.3, 0.4) is 0 Å². The summed E-state index contributed by atoms with van der Waals surface area (Å²) in [6, 6.07) is -0.306. The first-order valence-electron chi connectivity index (χ1n) is 4.66. The van der Waals surface area contributed by atoms with Gasteiger partial charge in [0.25, 0.3) is 0 Å². The van der Waals surface area contributed by atoms with Gasteiger partial charge in [0.2, 0.25) is 0 Å². The highest BCUT2D eigenvalue weighted by atomic mass is 16.5. The van der Waals surface area contributed by atoms with Gasteiger partial charge < -0.3 is 10.1 Å². The fourth-order valence-electron chi connectivity index (χ4n) is 0.904. The average Bonchev–Trinajstić information content (AvgIpc) is 2.14. The van der Waals surface area contributed by atoms with Crippen LogP contribution in [0.25, 0.3) is 0 Å². The second kappa shape index (κ2) is 6.66.